The van der Waals surface area contributed by atoms with Crippen molar-refractivity contribution in [2.24, 2.45) is 0 Å². The maximum absolute atomic E-state index is 13.2. The van der Waals surface area contributed by atoms with Gasteiger partial charge in [-0.1, -0.05) is 48.0 Å². The highest BCUT2D eigenvalue weighted by Gasteiger charge is 2.32. The fourth-order valence-corrected chi connectivity index (χ4v) is 4.38. The number of nitriles is 1. The number of alkyl halides is 3. The summed E-state index contributed by atoms with van der Waals surface area (Å²) >= 11 is 0. The highest BCUT2D eigenvalue weighted by atomic mass is 19.4. The molecule has 1 aliphatic rings. The third-order valence-electron chi connectivity index (χ3n) is 6.08. The molecule has 36 heavy (non-hydrogen) atoms. The molecule has 1 aliphatic carbocycles. The molecule has 0 heterocycles. The van der Waals surface area contributed by atoms with Crippen molar-refractivity contribution in [3.05, 3.63) is 106 Å². The summed E-state index contributed by atoms with van der Waals surface area (Å²) in [7, 11) is 0. The first-order chi connectivity index (χ1) is 17.2. The van der Waals surface area contributed by atoms with Crippen LogP contribution in [0.1, 0.15) is 27.0 Å². The molecule has 0 saturated carbocycles. The zero-order chi connectivity index (χ0) is 25.6. The van der Waals surface area contributed by atoms with Gasteiger partial charge >= 0.3 is 6.36 Å². The first-order valence-electron chi connectivity index (χ1n) is 10.8. The minimum absolute atomic E-state index is 0.212. The van der Waals surface area contributed by atoms with Crippen molar-refractivity contribution in [1.82, 2.24) is 0 Å². The van der Waals surface area contributed by atoms with Crippen LogP contribution in [0.3, 0.4) is 0 Å². The van der Waals surface area contributed by atoms with Crippen LogP contribution in [0, 0.1) is 24.8 Å². The van der Waals surface area contributed by atoms with Gasteiger partial charge in [-0.15, -0.1) is 13.2 Å². The van der Waals surface area contributed by atoms with Crippen molar-refractivity contribution in [3.63, 3.8) is 0 Å². The van der Waals surface area contributed by atoms with E-state index in [-0.39, 0.29) is 17.1 Å². The Labute approximate surface area is 204 Å². The number of hydrogen-bond donors (Lipinski definition) is 0. The summed E-state index contributed by atoms with van der Waals surface area (Å²) in [5.74, 6) is -0.654. The Bertz CT molecular complexity index is 1620. The number of halogens is 3. The highest BCUT2D eigenvalue weighted by Crippen LogP contribution is 2.45. The molecule has 0 bridgehead atoms. The van der Waals surface area contributed by atoms with Gasteiger partial charge in [0.05, 0.1) is 18.2 Å². The van der Waals surface area contributed by atoms with Crippen molar-refractivity contribution >= 4 is 11.5 Å². The quantitative estimate of drug-likeness (QED) is 0.247. The smallest absolute Gasteiger partial charge is 0.406 e. The number of benzene rings is 4. The second-order valence-electron chi connectivity index (χ2n) is 8.35. The van der Waals surface area contributed by atoms with Gasteiger partial charge < -0.3 is 4.74 Å². The lowest BCUT2D eigenvalue weighted by Gasteiger charge is -2.12. The number of carbonyl (C=O) groups excluding carboxylic acids is 1. The minimum atomic E-state index is -4.81. The predicted octanol–water partition coefficient (Wildman–Crippen LogP) is 7.86. The first kappa shape index (κ1) is 22.9. The standard InChI is InChI=1S/C29H15F3N2O2/c1-16-3-5-18(6-4-16)22-13-24-23-12-21(17-7-9-20(10-8-17)36-29(30,31)32)19(15-33)11-25(23)28(35)26(24)14-27(22)34-2/h3-14H,1H3. The predicted molar refractivity (Wildman–Crippen MR) is 129 cm³/mol. The number of hydrogen-bond acceptors (Lipinski definition) is 3. The molecular formula is C29H15F3N2O2. The van der Waals surface area contributed by atoms with E-state index in [1.807, 2.05) is 37.3 Å². The second-order valence-corrected chi connectivity index (χ2v) is 8.35. The summed E-state index contributed by atoms with van der Waals surface area (Å²) in [6.45, 7) is 9.60. The molecule has 0 spiro atoms. The van der Waals surface area contributed by atoms with E-state index >= 15 is 0 Å². The molecule has 174 valence electrons. The third-order valence-corrected chi connectivity index (χ3v) is 6.08. The topological polar surface area (TPSA) is 54.4 Å². The van der Waals surface area contributed by atoms with Crippen LogP contribution in [0.4, 0.5) is 18.9 Å². The van der Waals surface area contributed by atoms with Crippen LogP contribution >= 0.6 is 0 Å². The Morgan fingerprint density at radius 1 is 0.806 bits per heavy atom. The second kappa shape index (κ2) is 8.41. The van der Waals surface area contributed by atoms with E-state index in [9.17, 15) is 23.2 Å². The summed E-state index contributed by atoms with van der Waals surface area (Å²) in [4.78, 5) is 16.8. The highest BCUT2D eigenvalue weighted by molar-refractivity contribution is 6.23. The van der Waals surface area contributed by atoms with E-state index in [4.69, 9.17) is 6.57 Å². The lowest BCUT2D eigenvalue weighted by atomic mass is 9.92. The summed E-state index contributed by atoms with van der Waals surface area (Å²) in [5, 5.41) is 9.74. The van der Waals surface area contributed by atoms with Gasteiger partial charge in [-0.2, -0.15) is 5.26 Å². The normalized spacial score (nSPS) is 11.9. The van der Waals surface area contributed by atoms with E-state index < -0.39 is 6.36 Å². The van der Waals surface area contributed by atoms with Crippen molar-refractivity contribution in [2.75, 3.05) is 0 Å². The van der Waals surface area contributed by atoms with E-state index in [0.717, 1.165) is 11.1 Å². The van der Waals surface area contributed by atoms with Crippen molar-refractivity contribution in [1.29, 1.82) is 5.26 Å². The zero-order valence-electron chi connectivity index (χ0n) is 18.8. The first-order valence-corrected chi connectivity index (χ1v) is 10.8. The Morgan fingerprint density at radius 3 is 1.94 bits per heavy atom. The maximum Gasteiger partial charge on any atom is 0.573 e. The molecule has 0 N–H and O–H groups in total. The molecule has 5 rings (SSSR count). The van der Waals surface area contributed by atoms with Gasteiger partial charge in [0.2, 0.25) is 0 Å². The van der Waals surface area contributed by atoms with Crippen LogP contribution in [0.2, 0.25) is 0 Å². The van der Waals surface area contributed by atoms with Gasteiger partial charge in [0.25, 0.3) is 0 Å². The summed E-state index contributed by atoms with van der Waals surface area (Å²) in [6, 6.07) is 21.6. The lowest BCUT2D eigenvalue weighted by molar-refractivity contribution is -0.274. The average molecular weight is 480 g/mol. The van der Waals surface area contributed by atoms with Crippen molar-refractivity contribution < 1.29 is 22.7 Å². The van der Waals surface area contributed by atoms with Gasteiger partial charge in [-0.05, 0) is 65.1 Å². The fourth-order valence-electron chi connectivity index (χ4n) is 4.38. The molecule has 0 radical (unpaired) electrons. The monoisotopic (exact) mass is 480 g/mol. The van der Waals surface area contributed by atoms with Gasteiger partial charge in [0.1, 0.15) is 5.75 Å². The maximum atomic E-state index is 13.2. The molecule has 0 amide bonds. The van der Waals surface area contributed by atoms with Crippen LogP contribution in [-0.4, -0.2) is 12.1 Å². The van der Waals surface area contributed by atoms with E-state index in [1.54, 1.807) is 12.1 Å². The Kier molecular flexibility index (Phi) is 5.35. The number of rotatable bonds is 3. The number of fused-ring (bicyclic) bond motifs is 3. The largest absolute Gasteiger partial charge is 0.573 e. The van der Waals surface area contributed by atoms with Crippen LogP contribution < -0.4 is 4.74 Å². The number of ketones is 1. The van der Waals surface area contributed by atoms with Crippen LogP contribution in [0.25, 0.3) is 38.2 Å². The van der Waals surface area contributed by atoms with Gasteiger partial charge in [0.15, 0.2) is 11.5 Å². The molecule has 4 aromatic carbocycles. The fraction of sp³-hybridized carbons (Fsp3) is 0.0690. The summed E-state index contributed by atoms with van der Waals surface area (Å²) < 4.78 is 41.5. The minimum Gasteiger partial charge on any atom is -0.406 e. The molecule has 4 nitrogen and oxygen atoms in total. The molecule has 4 aromatic rings. The van der Waals surface area contributed by atoms with Crippen LogP contribution in [-0.2, 0) is 0 Å². The number of carbonyl (C=O) groups is 1. The third kappa shape index (κ3) is 3.97. The molecule has 7 heteroatoms. The SMILES string of the molecule is [C-]#[N+]c1cc2c(cc1-c1ccc(C)cc1)-c1cc(-c3ccc(OC(F)(F)F)cc3)c(C#N)cc1C2=O. The zero-order valence-corrected chi connectivity index (χ0v) is 18.8. The molecule has 0 unspecified atom stereocenters. The number of nitrogens with zero attached hydrogens (tertiary/aromatic N) is 2. The Morgan fingerprint density at radius 2 is 1.36 bits per heavy atom. The Hall–Kier alpha value is -4.88. The molecule has 0 atom stereocenters. The van der Waals surface area contributed by atoms with E-state index in [2.05, 4.69) is 15.7 Å². The Balaban J connectivity index is 1.66. The van der Waals surface area contributed by atoms with E-state index in [0.29, 0.717) is 44.6 Å². The van der Waals surface area contributed by atoms with Crippen LogP contribution in [0.15, 0.2) is 72.8 Å². The molecule has 0 fully saturated rings. The summed E-state index contributed by atoms with van der Waals surface area (Å²) in [6.07, 6.45) is -4.81. The van der Waals surface area contributed by atoms with E-state index in [1.165, 1.54) is 30.3 Å². The molecular weight excluding hydrogens is 465 g/mol. The number of ether oxygens (including phenoxy) is 1. The van der Waals surface area contributed by atoms with Gasteiger partial charge in [-0.3, -0.25) is 4.79 Å². The van der Waals surface area contributed by atoms with Gasteiger partial charge in [0, 0.05) is 16.7 Å². The lowest BCUT2D eigenvalue weighted by Crippen LogP contribution is -2.16. The average Bonchev–Trinajstić information content (AvgIpc) is 3.12. The summed E-state index contributed by atoms with van der Waals surface area (Å²) in [5.41, 5.74) is 6.09. The van der Waals surface area contributed by atoms with Gasteiger partial charge in [-0.25, -0.2) is 4.85 Å². The van der Waals surface area contributed by atoms with Crippen molar-refractivity contribution in [2.45, 2.75) is 13.3 Å². The number of aryl methyl sites for hydroxylation is 1. The van der Waals surface area contributed by atoms with Crippen molar-refractivity contribution in [3.8, 4) is 45.2 Å². The van der Waals surface area contributed by atoms with Crippen LogP contribution in [0.5, 0.6) is 5.75 Å². The molecule has 0 saturated heterocycles. The molecule has 0 aliphatic heterocycles. The molecule has 0 aromatic heterocycles.